The molecule has 0 amide bonds. The number of methoxy groups -OCH3 is 1. The summed E-state index contributed by atoms with van der Waals surface area (Å²) in [6, 6.07) is 14.9. The lowest BCUT2D eigenvalue weighted by Gasteiger charge is -2.10. The molecule has 2 aromatic carbocycles. The summed E-state index contributed by atoms with van der Waals surface area (Å²) in [5, 5.41) is 10.8. The van der Waals surface area contributed by atoms with E-state index < -0.39 is 5.97 Å². The Balaban J connectivity index is 1.63. The van der Waals surface area contributed by atoms with Gasteiger partial charge in [-0.15, -0.1) is 11.3 Å². The first-order valence-electron chi connectivity index (χ1n) is 8.24. The molecule has 0 spiro atoms. The minimum Gasteiger partial charge on any atom is -0.492 e. The van der Waals surface area contributed by atoms with Gasteiger partial charge in [0.1, 0.15) is 23.1 Å². The molecule has 0 saturated heterocycles. The fraction of sp³-hybridized carbons (Fsp3) is 0.200. The molecule has 140 valence electrons. The van der Waals surface area contributed by atoms with Crippen LogP contribution in [-0.4, -0.2) is 29.8 Å². The quantitative estimate of drug-likeness (QED) is 0.621. The number of aryl methyl sites for hydroxylation is 1. The predicted molar refractivity (Wildman–Crippen MR) is 102 cm³/mol. The summed E-state index contributed by atoms with van der Waals surface area (Å²) >= 11 is 1.39. The molecule has 1 heterocycles. The van der Waals surface area contributed by atoms with Gasteiger partial charge >= 0.3 is 5.97 Å². The summed E-state index contributed by atoms with van der Waals surface area (Å²) in [4.78, 5) is 16.0. The second-order valence-corrected chi connectivity index (χ2v) is 6.79. The standard InChI is InChI=1S/C20H19NO5S/c1-13-10-15(8-9-16(13)26-12-18(22)24-2)25-11-17-21-20(23)19(27-17)14-6-4-3-5-7-14/h3-10,23H,11-12H2,1-2H3. The van der Waals surface area contributed by atoms with E-state index in [1.807, 2.05) is 43.3 Å². The molecule has 0 bridgehead atoms. The van der Waals surface area contributed by atoms with E-state index in [-0.39, 0.29) is 19.1 Å². The Bertz CT molecular complexity index is 923. The third-order valence-electron chi connectivity index (χ3n) is 3.77. The lowest BCUT2D eigenvalue weighted by atomic mass is 10.2. The number of thiazole rings is 1. The smallest absolute Gasteiger partial charge is 0.343 e. The Morgan fingerprint density at radius 3 is 2.63 bits per heavy atom. The van der Waals surface area contributed by atoms with Crippen molar-refractivity contribution in [2.24, 2.45) is 0 Å². The van der Waals surface area contributed by atoms with Crippen LogP contribution in [0.25, 0.3) is 10.4 Å². The summed E-state index contributed by atoms with van der Waals surface area (Å²) in [6.45, 7) is 1.97. The molecule has 0 radical (unpaired) electrons. The van der Waals surface area contributed by atoms with Crippen molar-refractivity contribution in [2.75, 3.05) is 13.7 Å². The summed E-state index contributed by atoms with van der Waals surface area (Å²) in [7, 11) is 1.31. The molecular formula is C20H19NO5S. The SMILES string of the molecule is COC(=O)COc1ccc(OCc2nc(O)c(-c3ccccc3)s2)cc1C. The minimum atomic E-state index is -0.437. The number of nitrogens with zero attached hydrogens (tertiary/aromatic N) is 1. The summed E-state index contributed by atoms with van der Waals surface area (Å²) in [5.74, 6) is 0.805. The zero-order valence-electron chi connectivity index (χ0n) is 15.0. The van der Waals surface area contributed by atoms with Crippen LogP contribution in [0, 0.1) is 6.92 Å². The highest BCUT2D eigenvalue weighted by molar-refractivity contribution is 7.15. The van der Waals surface area contributed by atoms with Gasteiger partial charge in [-0.2, -0.15) is 0 Å². The van der Waals surface area contributed by atoms with Crippen LogP contribution in [0.3, 0.4) is 0 Å². The Kier molecular flexibility index (Phi) is 5.93. The number of esters is 1. The highest BCUT2D eigenvalue weighted by Crippen LogP contribution is 2.35. The zero-order valence-corrected chi connectivity index (χ0v) is 15.8. The summed E-state index contributed by atoms with van der Waals surface area (Å²) < 4.78 is 15.7. The van der Waals surface area contributed by atoms with Crippen LogP contribution in [0.4, 0.5) is 0 Å². The average molecular weight is 385 g/mol. The first-order chi connectivity index (χ1) is 13.1. The molecule has 3 rings (SSSR count). The number of ether oxygens (including phenoxy) is 3. The third kappa shape index (κ3) is 4.77. The van der Waals surface area contributed by atoms with Crippen LogP contribution in [0.1, 0.15) is 10.6 Å². The van der Waals surface area contributed by atoms with Gasteiger partial charge < -0.3 is 19.3 Å². The fourth-order valence-corrected chi connectivity index (χ4v) is 3.29. The predicted octanol–water partition coefficient (Wildman–Crippen LogP) is 3.95. The van der Waals surface area contributed by atoms with Crippen LogP contribution in [0.15, 0.2) is 48.5 Å². The molecule has 0 aliphatic carbocycles. The van der Waals surface area contributed by atoms with Crippen molar-refractivity contribution in [3.8, 4) is 27.8 Å². The molecular weight excluding hydrogens is 366 g/mol. The van der Waals surface area contributed by atoms with Crippen molar-refractivity contribution in [1.82, 2.24) is 4.98 Å². The van der Waals surface area contributed by atoms with Crippen molar-refractivity contribution in [1.29, 1.82) is 0 Å². The summed E-state index contributed by atoms with van der Waals surface area (Å²) in [6.07, 6.45) is 0. The molecule has 1 aromatic heterocycles. The lowest BCUT2D eigenvalue weighted by Crippen LogP contribution is -2.13. The molecule has 1 N–H and O–H groups in total. The van der Waals surface area contributed by atoms with Crippen molar-refractivity contribution in [3.63, 3.8) is 0 Å². The topological polar surface area (TPSA) is 77.9 Å². The number of aromatic nitrogens is 1. The Morgan fingerprint density at radius 1 is 1.15 bits per heavy atom. The monoisotopic (exact) mass is 385 g/mol. The Morgan fingerprint density at radius 2 is 1.93 bits per heavy atom. The van der Waals surface area contributed by atoms with Gasteiger partial charge in [0, 0.05) is 0 Å². The molecule has 0 aliphatic rings. The average Bonchev–Trinajstić information content (AvgIpc) is 3.06. The highest BCUT2D eigenvalue weighted by atomic mass is 32.1. The molecule has 6 nitrogen and oxygen atoms in total. The number of hydrogen-bond donors (Lipinski definition) is 1. The Hall–Kier alpha value is -3.06. The maximum atomic E-state index is 11.2. The Labute approximate surface area is 161 Å². The fourth-order valence-electron chi connectivity index (χ4n) is 2.41. The van der Waals surface area contributed by atoms with E-state index >= 15 is 0 Å². The number of hydrogen-bond acceptors (Lipinski definition) is 7. The van der Waals surface area contributed by atoms with Crippen molar-refractivity contribution in [3.05, 3.63) is 59.1 Å². The van der Waals surface area contributed by atoms with E-state index in [1.165, 1.54) is 18.4 Å². The second-order valence-electron chi connectivity index (χ2n) is 5.71. The van der Waals surface area contributed by atoms with E-state index in [9.17, 15) is 9.90 Å². The van der Waals surface area contributed by atoms with Gasteiger partial charge in [-0.3, -0.25) is 0 Å². The maximum Gasteiger partial charge on any atom is 0.343 e. The van der Waals surface area contributed by atoms with Gasteiger partial charge in [-0.1, -0.05) is 30.3 Å². The van der Waals surface area contributed by atoms with Gasteiger partial charge in [-0.25, -0.2) is 9.78 Å². The van der Waals surface area contributed by atoms with Crippen molar-refractivity contribution < 1.29 is 24.1 Å². The minimum absolute atomic E-state index is 0.00698. The van der Waals surface area contributed by atoms with Crippen molar-refractivity contribution >= 4 is 17.3 Å². The molecule has 0 atom stereocenters. The molecule has 0 aliphatic heterocycles. The number of carbonyl (C=O) groups is 1. The van der Waals surface area contributed by atoms with Crippen LogP contribution in [0.2, 0.25) is 0 Å². The van der Waals surface area contributed by atoms with Gasteiger partial charge in [0.25, 0.3) is 0 Å². The largest absolute Gasteiger partial charge is 0.492 e. The molecule has 0 fully saturated rings. The van der Waals surface area contributed by atoms with Crippen LogP contribution < -0.4 is 9.47 Å². The van der Waals surface area contributed by atoms with E-state index in [0.717, 1.165) is 16.0 Å². The lowest BCUT2D eigenvalue weighted by molar-refractivity contribution is -0.142. The molecule has 7 heteroatoms. The summed E-state index contributed by atoms with van der Waals surface area (Å²) in [5.41, 5.74) is 1.75. The van der Waals surface area contributed by atoms with Gasteiger partial charge in [0.05, 0.1) is 12.0 Å². The van der Waals surface area contributed by atoms with E-state index in [1.54, 1.807) is 12.1 Å². The second kappa shape index (κ2) is 8.55. The number of aromatic hydroxyl groups is 1. The molecule has 3 aromatic rings. The van der Waals surface area contributed by atoms with Gasteiger partial charge in [-0.05, 0) is 36.2 Å². The first kappa shape index (κ1) is 18.7. The zero-order chi connectivity index (χ0) is 19.2. The molecule has 27 heavy (non-hydrogen) atoms. The number of carbonyl (C=O) groups excluding carboxylic acids is 1. The molecule has 0 saturated carbocycles. The number of benzene rings is 2. The van der Waals surface area contributed by atoms with Crippen LogP contribution in [-0.2, 0) is 16.1 Å². The number of rotatable bonds is 7. The first-order valence-corrected chi connectivity index (χ1v) is 9.05. The van der Waals surface area contributed by atoms with Crippen molar-refractivity contribution in [2.45, 2.75) is 13.5 Å². The molecule has 0 unspecified atom stereocenters. The maximum absolute atomic E-state index is 11.2. The van der Waals surface area contributed by atoms with E-state index in [2.05, 4.69) is 9.72 Å². The van der Waals surface area contributed by atoms with Crippen LogP contribution in [0.5, 0.6) is 17.4 Å². The third-order valence-corrected chi connectivity index (χ3v) is 4.84. The van der Waals surface area contributed by atoms with Gasteiger partial charge in [0.2, 0.25) is 5.88 Å². The van der Waals surface area contributed by atoms with E-state index in [4.69, 9.17) is 9.47 Å². The van der Waals surface area contributed by atoms with E-state index in [0.29, 0.717) is 16.5 Å². The highest BCUT2D eigenvalue weighted by Gasteiger charge is 2.13. The normalized spacial score (nSPS) is 10.4. The van der Waals surface area contributed by atoms with Crippen LogP contribution >= 0.6 is 11.3 Å². The van der Waals surface area contributed by atoms with Gasteiger partial charge in [0.15, 0.2) is 6.61 Å².